The molecule has 29 heavy (non-hydrogen) atoms. The van der Waals surface area contributed by atoms with Gasteiger partial charge in [0, 0.05) is 10.9 Å². The van der Waals surface area contributed by atoms with Gasteiger partial charge < -0.3 is 5.32 Å². The largest absolute Gasteiger partial charge is 0.345 e. The molecule has 0 saturated heterocycles. The van der Waals surface area contributed by atoms with Crippen molar-refractivity contribution in [1.82, 2.24) is 30.3 Å². The lowest BCUT2D eigenvalue weighted by molar-refractivity contribution is -0.122. The van der Waals surface area contributed by atoms with Gasteiger partial charge in [0.1, 0.15) is 12.4 Å². The molecular formula is C21H20N6O2. The molecular weight excluding hydrogens is 368 g/mol. The predicted octanol–water partition coefficient (Wildman–Crippen LogP) is 2.37. The molecule has 4 rings (SSSR count). The molecule has 0 unspecified atom stereocenters. The van der Waals surface area contributed by atoms with Gasteiger partial charge in [-0.05, 0) is 19.9 Å². The summed E-state index contributed by atoms with van der Waals surface area (Å²) in [5, 5.41) is 15.4. The molecule has 0 radical (unpaired) electrons. The Bertz CT molecular complexity index is 1230. The van der Waals surface area contributed by atoms with E-state index in [1.807, 2.05) is 42.5 Å². The van der Waals surface area contributed by atoms with Crippen LogP contribution in [0.5, 0.6) is 0 Å². The fourth-order valence-corrected chi connectivity index (χ4v) is 3.19. The highest BCUT2D eigenvalue weighted by atomic mass is 16.2. The van der Waals surface area contributed by atoms with E-state index in [1.165, 1.54) is 4.68 Å². The minimum absolute atomic E-state index is 0.197. The van der Waals surface area contributed by atoms with E-state index in [4.69, 9.17) is 0 Å². The first kappa shape index (κ1) is 18.5. The fourth-order valence-electron chi connectivity index (χ4n) is 3.19. The summed E-state index contributed by atoms with van der Waals surface area (Å²) in [6.45, 7) is 3.37. The molecule has 146 valence electrons. The molecule has 0 aliphatic carbocycles. The number of H-pyrrole nitrogens is 1. The normalized spacial score (nSPS) is 12.1. The van der Waals surface area contributed by atoms with Gasteiger partial charge >= 0.3 is 0 Å². The topological polar surface area (TPSA) is 106 Å². The lowest BCUT2D eigenvalue weighted by atomic mass is 10.1. The smallest absolute Gasteiger partial charge is 0.275 e. The Morgan fingerprint density at radius 1 is 1.10 bits per heavy atom. The van der Waals surface area contributed by atoms with Crippen molar-refractivity contribution >= 4 is 16.7 Å². The summed E-state index contributed by atoms with van der Waals surface area (Å²) in [5.74, 6) is 0.810. The molecule has 0 spiro atoms. The Kier molecular flexibility index (Phi) is 4.90. The van der Waals surface area contributed by atoms with Crippen LogP contribution in [0.1, 0.15) is 24.6 Å². The number of fused-ring (bicyclic) bond motifs is 1. The second kappa shape index (κ2) is 7.67. The number of hydrogen-bond donors (Lipinski definition) is 2. The third-order valence-corrected chi connectivity index (χ3v) is 4.59. The first-order valence-corrected chi connectivity index (χ1v) is 9.26. The molecule has 0 aliphatic heterocycles. The maximum atomic E-state index is 12.9. The van der Waals surface area contributed by atoms with Crippen LogP contribution in [-0.4, -0.2) is 30.9 Å². The number of aromatic amines is 1. The van der Waals surface area contributed by atoms with Gasteiger partial charge in [-0.2, -0.15) is 10.2 Å². The molecule has 4 aromatic rings. The predicted molar refractivity (Wildman–Crippen MR) is 109 cm³/mol. The zero-order chi connectivity index (χ0) is 20.4. The molecule has 2 aromatic heterocycles. The number of rotatable bonds is 5. The third-order valence-electron chi connectivity index (χ3n) is 4.59. The number of carbonyl (C=O) groups excluding carboxylic acids is 1. The fraction of sp³-hybridized carbons (Fsp3) is 0.190. The van der Waals surface area contributed by atoms with Crippen LogP contribution in [0.15, 0.2) is 59.4 Å². The Morgan fingerprint density at radius 2 is 1.79 bits per heavy atom. The monoisotopic (exact) mass is 388 g/mol. The summed E-state index contributed by atoms with van der Waals surface area (Å²) in [7, 11) is 0. The molecule has 0 saturated carbocycles. The van der Waals surface area contributed by atoms with E-state index >= 15 is 0 Å². The first-order valence-electron chi connectivity index (χ1n) is 9.26. The standard InChI is InChI=1S/C21H20N6O2/c1-13(20-23-14(2)24-25-20)22-18(28)12-27-21(29)17-11-7-6-10-16(17)19(26-27)15-8-4-3-5-9-15/h3-11,13H,12H2,1-2H3,(H,22,28)(H,23,24,25)/t13-/m1/s1. The highest BCUT2D eigenvalue weighted by Gasteiger charge is 2.17. The van der Waals surface area contributed by atoms with Crippen LogP contribution < -0.4 is 10.9 Å². The van der Waals surface area contributed by atoms with Crippen LogP contribution in [0.25, 0.3) is 22.0 Å². The van der Waals surface area contributed by atoms with Crippen molar-refractivity contribution in [2.45, 2.75) is 26.4 Å². The molecule has 2 aromatic carbocycles. The number of hydrogen-bond acceptors (Lipinski definition) is 5. The zero-order valence-corrected chi connectivity index (χ0v) is 16.1. The molecule has 2 N–H and O–H groups in total. The van der Waals surface area contributed by atoms with Crippen molar-refractivity contribution in [3.63, 3.8) is 0 Å². The van der Waals surface area contributed by atoms with Crippen LogP contribution in [0.3, 0.4) is 0 Å². The number of aryl methyl sites for hydroxylation is 1. The van der Waals surface area contributed by atoms with Gasteiger partial charge in [-0.1, -0.05) is 48.5 Å². The van der Waals surface area contributed by atoms with Gasteiger partial charge in [0.05, 0.1) is 17.1 Å². The number of aromatic nitrogens is 5. The van der Waals surface area contributed by atoms with Gasteiger partial charge in [0.15, 0.2) is 5.82 Å². The van der Waals surface area contributed by atoms with Crippen molar-refractivity contribution in [2.75, 3.05) is 0 Å². The third kappa shape index (κ3) is 3.77. The number of amides is 1. The molecule has 0 fully saturated rings. The maximum Gasteiger partial charge on any atom is 0.275 e. The van der Waals surface area contributed by atoms with E-state index in [-0.39, 0.29) is 18.0 Å². The van der Waals surface area contributed by atoms with E-state index in [0.717, 1.165) is 10.9 Å². The Balaban J connectivity index is 1.68. The van der Waals surface area contributed by atoms with Crippen molar-refractivity contribution < 1.29 is 4.79 Å². The minimum atomic E-state index is -0.391. The quantitative estimate of drug-likeness (QED) is 0.546. The maximum absolute atomic E-state index is 12.9. The second-order valence-electron chi connectivity index (χ2n) is 6.79. The summed E-state index contributed by atoms with van der Waals surface area (Å²) in [6, 6.07) is 16.5. The average Bonchev–Trinajstić information content (AvgIpc) is 3.17. The highest BCUT2D eigenvalue weighted by molar-refractivity contribution is 5.93. The molecule has 2 heterocycles. The summed E-state index contributed by atoms with van der Waals surface area (Å²) < 4.78 is 1.20. The summed E-state index contributed by atoms with van der Waals surface area (Å²) >= 11 is 0. The number of carbonyl (C=O) groups is 1. The van der Waals surface area contributed by atoms with Crippen LogP contribution >= 0.6 is 0 Å². The van der Waals surface area contributed by atoms with Crippen molar-refractivity contribution in [3.05, 3.63) is 76.6 Å². The van der Waals surface area contributed by atoms with E-state index in [1.54, 1.807) is 26.0 Å². The van der Waals surface area contributed by atoms with Gasteiger partial charge in [-0.15, -0.1) is 0 Å². The number of benzene rings is 2. The van der Waals surface area contributed by atoms with E-state index in [9.17, 15) is 9.59 Å². The highest BCUT2D eigenvalue weighted by Crippen LogP contribution is 2.24. The van der Waals surface area contributed by atoms with Gasteiger partial charge in [0.25, 0.3) is 5.56 Å². The summed E-state index contributed by atoms with van der Waals surface area (Å²) in [5.41, 5.74) is 1.23. The van der Waals surface area contributed by atoms with Crippen LogP contribution in [-0.2, 0) is 11.3 Å². The molecule has 8 heteroatoms. The minimum Gasteiger partial charge on any atom is -0.345 e. The zero-order valence-electron chi connectivity index (χ0n) is 16.1. The Labute approximate surface area is 166 Å². The van der Waals surface area contributed by atoms with Crippen molar-refractivity contribution in [2.24, 2.45) is 0 Å². The van der Waals surface area contributed by atoms with E-state index in [0.29, 0.717) is 22.7 Å². The van der Waals surface area contributed by atoms with E-state index in [2.05, 4.69) is 25.6 Å². The Morgan fingerprint density at radius 3 is 2.48 bits per heavy atom. The SMILES string of the molecule is Cc1nc([C@@H](C)NC(=O)Cn2nc(-c3ccccc3)c3ccccc3c2=O)n[nH]1. The van der Waals surface area contributed by atoms with Crippen LogP contribution in [0, 0.1) is 6.92 Å². The van der Waals surface area contributed by atoms with Crippen molar-refractivity contribution in [1.29, 1.82) is 0 Å². The number of nitrogens with one attached hydrogen (secondary N) is 2. The molecule has 1 atom stereocenters. The van der Waals surface area contributed by atoms with Crippen LogP contribution in [0.2, 0.25) is 0 Å². The van der Waals surface area contributed by atoms with Gasteiger partial charge in [0.2, 0.25) is 5.91 Å². The molecule has 0 aliphatic rings. The number of nitrogens with zero attached hydrogens (tertiary/aromatic N) is 4. The van der Waals surface area contributed by atoms with Gasteiger partial charge in [-0.3, -0.25) is 14.7 Å². The molecule has 8 nitrogen and oxygen atoms in total. The average molecular weight is 388 g/mol. The summed E-state index contributed by atoms with van der Waals surface area (Å²) in [4.78, 5) is 29.7. The van der Waals surface area contributed by atoms with Crippen molar-refractivity contribution in [3.8, 4) is 11.3 Å². The lowest BCUT2D eigenvalue weighted by Crippen LogP contribution is -2.35. The van der Waals surface area contributed by atoms with Gasteiger partial charge in [-0.25, -0.2) is 9.67 Å². The lowest BCUT2D eigenvalue weighted by Gasteiger charge is -2.13. The van der Waals surface area contributed by atoms with E-state index < -0.39 is 6.04 Å². The Hall–Kier alpha value is -3.81. The summed E-state index contributed by atoms with van der Waals surface area (Å²) in [6.07, 6.45) is 0. The molecule has 1 amide bonds. The first-order chi connectivity index (χ1) is 14.0. The molecule has 0 bridgehead atoms. The second-order valence-corrected chi connectivity index (χ2v) is 6.79. The van der Waals surface area contributed by atoms with Crippen LogP contribution in [0.4, 0.5) is 0 Å².